The van der Waals surface area contributed by atoms with E-state index in [4.69, 9.17) is 4.43 Å². The van der Waals surface area contributed by atoms with Gasteiger partial charge in [0.05, 0.1) is 5.25 Å². The summed E-state index contributed by atoms with van der Waals surface area (Å²) in [6.07, 6.45) is 7.94. The van der Waals surface area contributed by atoms with Gasteiger partial charge in [-0.25, -0.2) is 0 Å². The molecule has 0 spiro atoms. The summed E-state index contributed by atoms with van der Waals surface area (Å²) < 4.78 is 18.2. The summed E-state index contributed by atoms with van der Waals surface area (Å²) in [5.74, 6) is 0. The van der Waals surface area contributed by atoms with Gasteiger partial charge in [-0.15, -0.1) is 0 Å². The van der Waals surface area contributed by atoms with Crippen LogP contribution in [0.25, 0.3) is 0 Å². The lowest BCUT2D eigenvalue weighted by molar-refractivity contribution is 0.282. The van der Waals surface area contributed by atoms with Gasteiger partial charge in [0.2, 0.25) is 0 Å². The molecule has 3 atom stereocenters. The van der Waals surface area contributed by atoms with Crippen LogP contribution >= 0.6 is 0 Å². The molecule has 1 saturated heterocycles. The molecule has 3 unspecified atom stereocenters. The summed E-state index contributed by atoms with van der Waals surface area (Å²) in [5.41, 5.74) is 1.54. The molecular weight excluding hydrogens is 284 g/mol. The van der Waals surface area contributed by atoms with Crippen molar-refractivity contribution in [3.05, 3.63) is 11.6 Å². The predicted octanol–water partition coefficient (Wildman–Crippen LogP) is 4.40. The third-order valence-electron chi connectivity index (χ3n) is 5.22. The molecule has 4 heteroatoms. The van der Waals surface area contributed by atoms with Gasteiger partial charge in [-0.3, -0.25) is 4.21 Å². The second kappa shape index (κ2) is 6.05. The third-order valence-corrected chi connectivity index (χ3v) is 11.8. The smallest absolute Gasteiger partial charge is 0.191 e. The first-order valence-electron chi connectivity index (χ1n) is 7.93. The van der Waals surface area contributed by atoms with Crippen LogP contribution < -0.4 is 0 Å². The van der Waals surface area contributed by atoms with E-state index >= 15 is 0 Å². The molecule has 1 fully saturated rings. The molecule has 2 nitrogen and oxygen atoms in total. The molecule has 0 saturated carbocycles. The lowest BCUT2D eigenvalue weighted by Gasteiger charge is -2.36. The third kappa shape index (κ3) is 3.63. The molecule has 2 heterocycles. The van der Waals surface area contributed by atoms with Crippen LogP contribution in [-0.4, -0.2) is 29.6 Å². The molecule has 2 aliphatic heterocycles. The van der Waals surface area contributed by atoms with Gasteiger partial charge in [-0.05, 0) is 50.2 Å². The summed E-state index contributed by atoms with van der Waals surface area (Å²) in [5, 5.41) is 1.12. The number of allylic oxidation sites excluding steroid dienone is 1. The van der Waals surface area contributed by atoms with Crippen molar-refractivity contribution < 1.29 is 8.63 Å². The van der Waals surface area contributed by atoms with Crippen LogP contribution in [0, 0.1) is 0 Å². The van der Waals surface area contributed by atoms with Crippen molar-refractivity contribution in [2.24, 2.45) is 0 Å². The van der Waals surface area contributed by atoms with Crippen LogP contribution in [0.1, 0.15) is 52.9 Å². The van der Waals surface area contributed by atoms with E-state index in [1.165, 1.54) is 5.57 Å². The summed E-state index contributed by atoms with van der Waals surface area (Å²) in [6.45, 7) is 12.4. The van der Waals surface area contributed by atoms with Crippen molar-refractivity contribution in [1.82, 2.24) is 0 Å². The van der Waals surface area contributed by atoms with E-state index in [0.29, 0.717) is 15.5 Å². The molecule has 2 rings (SSSR count). The topological polar surface area (TPSA) is 26.3 Å². The average Bonchev–Trinajstić information content (AvgIpc) is 2.57. The fourth-order valence-electron chi connectivity index (χ4n) is 2.82. The van der Waals surface area contributed by atoms with Gasteiger partial charge in [0.15, 0.2) is 8.32 Å². The average molecular weight is 315 g/mol. The first-order valence-corrected chi connectivity index (χ1v) is 12.1. The molecule has 0 aromatic heterocycles. The van der Waals surface area contributed by atoms with Gasteiger partial charge < -0.3 is 4.43 Å². The first-order chi connectivity index (χ1) is 9.21. The summed E-state index contributed by atoms with van der Waals surface area (Å²) in [7, 11) is -2.16. The molecule has 0 radical (unpaired) electrons. The van der Waals surface area contributed by atoms with E-state index in [0.717, 1.165) is 38.7 Å². The van der Waals surface area contributed by atoms with Crippen LogP contribution in [0.5, 0.6) is 0 Å². The van der Waals surface area contributed by atoms with Crippen LogP contribution in [-0.2, 0) is 15.2 Å². The lowest BCUT2D eigenvalue weighted by atomic mass is 10.1. The van der Waals surface area contributed by atoms with Gasteiger partial charge in [0, 0.05) is 22.7 Å². The molecule has 0 amide bonds. The standard InChI is InChI=1S/C16H30O2SSi/c1-16(2,3)20(4,5)18-10-6-7-13-11-14-8-9-15(12-13)19(14)17/h11,14-15H,6-10,12H2,1-5H3. The Balaban J connectivity index is 1.75. The largest absolute Gasteiger partial charge is 0.417 e. The highest BCUT2D eigenvalue weighted by molar-refractivity contribution is 7.86. The minimum atomic E-state index is -1.59. The van der Waals surface area contributed by atoms with Crippen molar-refractivity contribution in [2.75, 3.05) is 6.61 Å². The molecule has 2 bridgehead atoms. The first kappa shape index (κ1) is 16.4. The Morgan fingerprint density at radius 1 is 1.35 bits per heavy atom. The second-order valence-electron chi connectivity index (χ2n) is 7.81. The zero-order chi connectivity index (χ0) is 15.0. The Bertz CT molecular complexity index is 409. The number of rotatable bonds is 5. The second-order valence-corrected chi connectivity index (χ2v) is 14.5. The van der Waals surface area contributed by atoms with E-state index in [1.54, 1.807) is 0 Å². The van der Waals surface area contributed by atoms with Crippen molar-refractivity contribution in [1.29, 1.82) is 0 Å². The monoisotopic (exact) mass is 314 g/mol. The van der Waals surface area contributed by atoms with E-state index in [-0.39, 0.29) is 0 Å². The van der Waals surface area contributed by atoms with Crippen molar-refractivity contribution in [2.45, 2.75) is 81.5 Å². The van der Waals surface area contributed by atoms with Crippen LogP contribution in [0.2, 0.25) is 18.1 Å². The maximum Gasteiger partial charge on any atom is 0.191 e. The maximum atomic E-state index is 12.0. The minimum Gasteiger partial charge on any atom is -0.417 e. The Hall–Kier alpha value is 0.0669. The van der Waals surface area contributed by atoms with Gasteiger partial charge in [-0.1, -0.05) is 32.4 Å². The molecule has 0 aromatic rings. The fourth-order valence-corrected chi connectivity index (χ4v) is 5.84. The Labute approximate surface area is 128 Å². The minimum absolute atomic E-state index is 0.299. The summed E-state index contributed by atoms with van der Waals surface area (Å²) in [4.78, 5) is 0. The zero-order valence-corrected chi connectivity index (χ0v) is 15.5. The highest BCUT2D eigenvalue weighted by atomic mass is 32.2. The van der Waals surface area contributed by atoms with Gasteiger partial charge in [-0.2, -0.15) is 0 Å². The van der Waals surface area contributed by atoms with Crippen molar-refractivity contribution in [3.8, 4) is 0 Å². The van der Waals surface area contributed by atoms with Gasteiger partial charge in [0.25, 0.3) is 0 Å². The van der Waals surface area contributed by atoms with Crippen LogP contribution in [0.4, 0.5) is 0 Å². The molecular formula is C16H30O2SSi. The number of fused-ring (bicyclic) bond motifs is 2. The quantitative estimate of drug-likeness (QED) is 0.427. The van der Waals surface area contributed by atoms with E-state index < -0.39 is 19.1 Å². The SMILES string of the molecule is CC(C)(C)[Si](C)(C)OCCCC1=CC2CCC(C1)S2=O. The molecule has 20 heavy (non-hydrogen) atoms. The fraction of sp³-hybridized carbons (Fsp3) is 0.875. The number of hydrogen-bond acceptors (Lipinski definition) is 2. The Morgan fingerprint density at radius 3 is 2.65 bits per heavy atom. The molecule has 116 valence electrons. The summed E-state index contributed by atoms with van der Waals surface area (Å²) in [6, 6.07) is 0. The Kier molecular flexibility index (Phi) is 4.97. The van der Waals surface area contributed by atoms with Gasteiger partial charge >= 0.3 is 0 Å². The van der Waals surface area contributed by atoms with Crippen LogP contribution in [0.15, 0.2) is 11.6 Å². The maximum absolute atomic E-state index is 12.0. The predicted molar refractivity (Wildman–Crippen MR) is 90.0 cm³/mol. The molecule has 0 N–H and O–H groups in total. The van der Waals surface area contributed by atoms with Crippen LogP contribution in [0.3, 0.4) is 0 Å². The molecule has 0 aromatic carbocycles. The highest BCUT2D eigenvalue weighted by Gasteiger charge is 2.37. The van der Waals surface area contributed by atoms with Crippen molar-refractivity contribution >= 4 is 19.1 Å². The summed E-state index contributed by atoms with van der Waals surface area (Å²) >= 11 is 0. The molecule has 2 aliphatic rings. The van der Waals surface area contributed by atoms with E-state index in [1.807, 2.05) is 0 Å². The van der Waals surface area contributed by atoms with E-state index in [2.05, 4.69) is 39.9 Å². The lowest BCUT2D eigenvalue weighted by Crippen LogP contribution is -2.41. The zero-order valence-electron chi connectivity index (χ0n) is 13.7. The highest BCUT2D eigenvalue weighted by Crippen LogP contribution is 2.38. The van der Waals surface area contributed by atoms with E-state index in [9.17, 15) is 4.21 Å². The normalized spacial score (nSPS) is 30.4. The van der Waals surface area contributed by atoms with Crippen molar-refractivity contribution in [3.63, 3.8) is 0 Å². The molecule has 0 aliphatic carbocycles. The Morgan fingerprint density at radius 2 is 2.05 bits per heavy atom. The van der Waals surface area contributed by atoms with Gasteiger partial charge in [0.1, 0.15) is 0 Å². The number of hydrogen-bond donors (Lipinski definition) is 0.